The summed E-state index contributed by atoms with van der Waals surface area (Å²) in [7, 11) is 3.34. The number of thioether (sulfide) groups is 1. The summed E-state index contributed by atoms with van der Waals surface area (Å²) in [6, 6.07) is 7.69. The van der Waals surface area contributed by atoms with Gasteiger partial charge < -0.3 is 14.7 Å². The lowest BCUT2D eigenvalue weighted by Crippen LogP contribution is -2.30. The maximum atomic E-state index is 11.8. The van der Waals surface area contributed by atoms with Gasteiger partial charge in [0.1, 0.15) is 5.75 Å². The number of methoxy groups -OCH3 is 1. The van der Waals surface area contributed by atoms with Gasteiger partial charge in [-0.05, 0) is 18.1 Å². The Balaban J connectivity index is 2.40. The second-order valence-corrected chi connectivity index (χ2v) is 5.25. The van der Waals surface area contributed by atoms with E-state index in [0.717, 1.165) is 23.1 Å². The summed E-state index contributed by atoms with van der Waals surface area (Å²) in [6.45, 7) is 0.576. The Morgan fingerprint density at radius 2 is 2.00 bits per heavy atom. The molecule has 5 nitrogen and oxygen atoms in total. The second kappa shape index (κ2) is 8.47. The number of likely N-dealkylation sites (N-methyl/N-ethyl adjacent to an activating group) is 1. The van der Waals surface area contributed by atoms with Crippen LogP contribution in [0.15, 0.2) is 24.3 Å². The van der Waals surface area contributed by atoms with E-state index in [1.165, 1.54) is 0 Å². The number of aliphatic carboxylic acids is 1. The van der Waals surface area contributed by atoms with Gasteiger partial charge in [-0.2, -0.15) is 0 Å². The first-order chi connectivity index (χ1) is 9.54. The number of carbonyl (C=O) groups excluding carboxylic acids is 1. The molecule has 0 radical (unpaired) electrons. The first-order valence-corrected chi connectivity index (χ1v) is 7.35. The van der Waals surface area contributed by atoms with Crippen LogP contribution in [0.25, 0.3) is 0 Å². The zero-order valence-corrected chi connectivity index (χ0v) is 12.5. The molecule has 1 amide bonds. The topological polar surface area (TPSA) is 66.8 Å². The Morgan fingerprint density at radius 1 is 1.30 bits per heavy atom. The van der Waals surface area contributed by atoms with E-state index in [-0.39, 0.29) is 17.4 Å². The van der Waals surface area contributed by atoms with Crippen molar-refractivity contribution in [1.29, 1.82) is 0 Å². The number of ether oxygens (including phenoxy) is 1. The number of carboxylic acid groups (broad SMARTS) is 1. The lowest BCUT2D eigenvalue weighted by Gasteiger charge is -2.17. The summed E-state index contributed by atoms with van der Waals surface area (Å²) < 4.78 is 5.26. The second-order valence-electron chi connectivity index (χ2n) is 4.26. The smallest absolute Gasteiger partial charge is 0.313 e. The maximum Gasteiger partial charge on any atom is 0.313 e. The highest BCUT2D eigenvalue weighted by Crippen LogP contribution is 2.17. The normalized spacial score (nSPS) is 10.1. The van der Waals surface area contributed by atoms with Crippen molar-refractivity contribution in [3.05, 3.63) is 29.8 Å². The average Bonchev–Trinajstić information content (AvgIpc) is 2.44. The number of benzene rings is 1. The largest absolute Gasteiger partial charge is 0.496 e. The number of hydrogen-bond acceptors (Lipinski definition) is 4. The predicted octanol–water partition coefficient (Wildman–Crippen LogP) is 1.51. The minimum Gasteiger partial charge on any atom is -0.496 e. The molecule has 1 aromatic carbocycles. The number of hydrogen-bond donors (Lipinski definition) is 1. The third kappa shape index (κ3) is 5.52. The van der Waals surface area contributed by atoms with Crippen molar-refractivity contribution < 1.29 is 19.4 Å². The van der Waals surface area contributed by atoms with Gasteiger partial charge in [-0.25, -0.2) is 0 Å². The Hall–Kier alpha value is -1.69. The van der Waals surface area contributed by atoms with Crippen molar-refractivity contribution in [1.82, 2.24) is 4.90 Å². The molecule has 0 aliphatic heterocycles. The highest BCUT2D eigenvalue weighted by atomic mass is 32.2. The molecule has 1 aromatic rings. The van der Waals surface area contributed by atoms with Gasteiger partial charge in [0.25, 0.3) is 0 Å². The van der Waals surface area contributed by atoms with E-state index in [9.17, 15) is 9.59 Å². The minimum atomic E-state index is -0.903. The third-order valence-corrected chi connectivity index (χ3v) is 3.69. The van der Waals surface area contributed by atoms with Gasteiger partial charge in [0.2, 0.25) is 5.91 Å². The lowest BCUT2D eigenvalue weighted by atomic mass is 10.1. The first kappa shape index (κ1) is 16.4. The maximum absolute atomic E-state index is 11.8. The van der Waals surface area contributed by atoms with Crippen molar-refractivity contribution in [2.24, 2.45) is 0 Å². The summed E-state index contributed by atoms with van der Waals surface area (Å²) in [5.41, 5.74) is 1.05. The molecule has 0 saturated heterocycles. The molecule has 0 aliphatic carbocycles. The van der Waals surface area contributed by atoms with Gasteiger partial charge in [-0.1, -0.05) is 18.2 Å². The van der Waals surface area contributed by atoms with Gasteiger partial charge in [0.15, 0.2) is 0 Å². The molecule has 0 aliphatic rings. The molecular formula is C14H19NO4S. The van der Waals surface area contributed by atoms with Gasteiger partial charge in [0.05, 0.1) is 18.6 Å². The fourth-order valence-corrected chi connectivity index (χ4v) is 2.33. The molecule has 20 heavy (non-hydrogen) atoms. The molecule has 110 valence electrons. The number of para-hydroxylation sites is 1. The Bertz CT molecular complexity index is 464. The number of nitrogens with zero attached hydrogens (tertiary/aromatic N) is 1. The molecule has 0 fully saturated rings. The van der Waals surface area contributed by atoms with Crippen molar-refractivity contribution in [3.8, 4) is 5.75 Å². The highest BCUT2D eigenvalue weighted by molar-refractivity contribution is 8.00. The van der Waals surface area contributed by atoms with Gasteiger partial charge >= 0.3 is 5.97 Å². The lowest BCUT2D eigenvalue weighted by molar-refractivity contribution is -0.133. The van der Waals surface area contributed by atoms with Crippen LogP contribution < -0.4 is 4.74 Å². The predicted molar refractivity (Wildman–Crippen MR) is 79.3 cm³/mol. The van der Waals surface area contributed by atoms with Crippen molar-refractivity contribution in [2.75, 3.05) is 32.2 Å². The summed E-state index contributed by atoms with van der Waals surface area (Å²) in [4.78, 5) is 23.8. The van der Waals surface area contributed by atoms with Crippen LogP contribution in [0.4, 0.5) is 0 Å². The van der Waals surface area contributed by atoms with Crippen molar-refractivity contribution in [3.63, 3.8) is 0 Å². The number of carboxylic acids is 1. The van der Waals surface area contributed by atoms with Crippen LogP contribution in [0, 0.1) is 0 Å². The standard InChI is InChI=1S/C14H19NO4S/c1-15(13(16)9-20-10-14(17)18)8-7-11-5-3-4-6-12(11)19-2/h3-6H,7-10H2,1-2H3,(H,17,18). The molecule has 0 saturated carbocycles. The zero-order chi connectivity index (χ0) is 15.0. The average molecular weight is 297 g/mol. The van der Waals surface area contributed by atoms with E-state index in [1.54, 1.807) is 19.1 Å². The summed E-state index contributed by atoms with van der Waals surface area (Å²) in [5, 5.41) is 8.52. The minimum absolute atomic E-state index is 0.0495. The van der Waals surface area contributed by atoms with Crippen molar-refractivity contribution >= 4 is 23.6 Å². The van der Waals surface area contributed by atoms with Crippen LogP contribution in [0.5, 0.6) is 5.75 Å². The van der Waals surface area contributed by atoms with E-state index in [4.69, 9.17) is 9.84 Å². The number of amides is 1. The van der Waals surface area contributed by atoms with E-state index in [2.05, 4.69) is 0 Å². The van der Waals surface area contributed by atoms with Crippen molar-refractivity contribution in [2.45, 2.75) is 6.42 Å². The molecule has 0 aromatic heterocycles. The number of rotatable bonds is 8. The molecule has 0 bridgehead atoms. The molecular weight excluding hydrogens is 278 g/mol. The number of carbonyl (C=O) groups is 2. The summed E-state index contributed by atoms with van der Waals surface area (Å²) in [6.07, 6.45) is 0.704. The quantitative estimate of drug-likeness (QED) is 0.788. The van der Waals surface area contributed by atoms with E-state index in [1.807, 2.05) is 24.3 Å². The zero-order valence-electron chi connectivity index (χ0n) is 11.7. The summed E-state index contributed by atoms with van der Waals surface area (Å²) in [5.74, 6) is -0.0138. The van der Waals surface area contributed by atoms with Crippen LogP contribution in [0.2, 0.25) is 0 Å². The highest BCUT2D eigenvalue weighted by Gasteiger charge is 2.11. The SMILES string of the molecule is COc1ccccc1CCN(C)C(=O)CSCC(=O)O. The fraction of sp³-hybridized carbons (Fsp3) is 0.429. The van der Waals surface area contributed by atoms with Gasteiger partial charge in [0, 0.05) is 13.6 Å². The monoisotopic (exact) mass is 297 g/mol. The Labute approximate surface area is 122 Å². The van der Waals surface area contributed by atoms with E-state index < -0.39 is 5.97 Å². The molecule has 0 atom stereocenters. The van der Waals surface area contributed by atoms with Crippen LogP contribution in [0.1, 0.15) is 5.56 Å². The first-order valence-electron chi connectivity index (χ1n) is 6.20. The van der Waals surface area contributed by atoms with Gasteiger partial charge in [-0.15, -0.1) is 11.8 Å². The van der Waals surface area contributed by atoms with Gasteiger partial charge in [-0.3, -0.25) is 9.59 Å². The van der Waals surface area contributed by atoms with Crippen LogP contribution in [-0.4, -0.2) is 54.1 Å². The van der Waals surface area contributed by atoms with Crippen LogP contribution in [0.3, 0.4) is 0 Å². The fourth-order valence-electron chi connectivity index (χ4n) is 1.66. The molecule has 6 heteroatoms. The van der Waals surface area contributed by atoms with E-state index >= 15 is 0 Å². The molecule has 0 unspecified atom stereocenters. The van der Waals surface area contributed by atoms with Crippen LogP contribution >= 0.6 is 11.8 Å². The van der Waals surface area contributed by atoms with E-state index in [0.29, 0.717) is 13.0 Å². The molecule has 1 N–H and O–H groups in total. The summed E-state index contributed by atoms with van der Waals surface area (Å²) >= 11 is 1.11. The third-order valence-electron chi connectivity index (χ3n) is 2.79. The molecule has 0 heterocycles. The molecule has 1 rings (SSSR count). The van der Waals surface area contributed by atoms with Crippen LogP contribution in [-0.2, 0) is 16.0 Å². The Morgan fingerprint density at radius 3 is 2.65 bits per heavy atom. The Kier molecular flexibility index (Phi) is 6.93. The molecule has 0 spiro atoms.